The molecule has 8 heteroatoms. The second-order valence-corrected chi connectivity index (χ2v) is 8.58. The van der Waals surface area contributed by atoms with Gasteiger partial charge in [0.25, 0.3) is 5.91 Å². The predicted octanol–water partition coefficient (Wildman–Crippen LogP) is 2.99. The van der Waals surface area contributed by atoms with Crippen LogP contribution in [0.15, 0.2) is 47.6 Å². The molecule has 1 fully saturated rings. The van der Waals surface area contributed by atoms with Gasteiger partial charge >= 0.3 is 0 Å². The normalized spacial score (nSPS) is 21.4. The van der Waals surface area contributed by atoms with Crippen LogP contribution in [0.25, 0.3) is 0 Å². The molecule has 162 valence electrons. The number of hydrogen-bond donors (Lipinski definition) is 0. The Labute approximate surface area is 186 Å². The van der Waals surface area contributed by atoms with Crippen molar-refractivity contribution in [3.05, 3.63) is 58.6 Å². The van der Waals surface area contributed by atoms with Gasteiger partial charge in [-0.05, 0) is 30.8 Å². The van der Waals surface area contributed by atoms with Gasteiger partial charge in [0.2, 0.25) is 6.79 Å². The van der Waals surface area contributed by atoms with Gasteiger partial charge in [-0.3, -0.25) is 9.69 Å². The Kier molecular flexibility index (Phi) is 5.56. The van der Waals surface area contributed by atoms with E-state index in [2.05, 4.69) is 16.8 Å². The minimum absolute atomic E-state index is 0.00530. The highest BCUT2D eigenvalue weighted by Crippen LogP contribution is 2.39. The maximum absolute atomic E-state index is 13.3. The summed E-state index contributed by atoms with van der Waals surface area (Å²) in [6, 6.07) is 13.3. The lowest BCUT2D eigenvalue weighted by molar-refractivity contribution is -0.134. The lowest BCUT2D eigenvalue weighted by atomic mass is 9.98. The average molecular weight is 441 g/mol. The highest BCUT2D eigenvalue weighted by atomic mass is 35.5. The first kappa shape index (κ1) is 20.3. The van der Waals surface area contributed by atoms with E-state index in [9.17, 15) is 4.79 Å². The van der Waals surface area contributed by atoms with Crippen LogP contribution < -0.4 is 9.47 Å². The van der Waals surface area contributed by atoms with Gasteiger partial charge < -0.3 is 14.4 Å². The largest absolute Gasteiger partial charge is 0.454 e. The first-order valence-corrected chi connectivity index (χ1v) is 10.9. The number of halogens is 1. The lowest BCUT2D eigenvalue weighted by Gasteiger charge is -2.33. The van der Waals surface area contributed by atoms with Crippen LogP contribution in [0, 0.1) is 0 Å². The van der Waals surface area contributed by atoms with E-state index in [0.717, 1.165) is 48.8 Å². The van der Waals surface area contributed by atoms with Crippen molar-refractivity contribution < 1.29 is 14.3 Å². The molecule has 0 unspecified atom stereocenters. The molecule has 31 heavy (non-hydrogen) atoms. The van der Waals surface area contributed by atoms with Gasteiger partial charge in [-0.15, -0.1) is 0 Å². The zero-order valence-corrected chi connectivity index (χ0v) is 18.2. The number of carbonyl (C=O) groups excluding carboxylic acids is 1. The molecule has 5 rings (SSSR count). The fourth-order valence-electron chi connectivity index (χ4n) is 4.25. The van der Waals surface area contributed by atoms with Gasteiger partial charge in [-0.2, -0.15) is 5.10 Å². The molecule has 0 aliphatic carbocycles. The van der Waals surface area contributed by atoms with Gasteiger partial charge in [0.15, 0.2) is 11.5 Å². The fraction of sp³-hybridized carbons (Fsp3) is 0.391. The van der Waals surface area contributed by atoms with Crippen LogP contribution in [0.4, 0.5) is 0 Å². The number of fused-ring (bicyclic) bond motifs is 1. The van der Waals surface area contributed by atoms with Crippen molar-refractivity contribution in [3.8, 4) is 11.5 Å². The Morgan fingerprint density at radius 2 is 1.87 bits per heavy atom. The van der Waals surface area contributed by atoms with E-state index in [1.54, 1.807) is 5.01 Å². The quantitative estimate of drug-likeness (QED) is 0.731. The molecule has 2 aromatic rings. The Bertz CT molecular complexity index is 1020. The van der Waals surface area contributed by atoms with Crippen LogP contribution in [-0.2, 0) is 4.79 Å². The topological polar surface area (TPSA) is 57.6 Å². The number of benzene rings is 2. The van der Waals surface area contributed by atoms with E-state index in [4.69, 9.17) is 26.2 Å². The van der Waals surface area contributed by atoms with Crippen LogP contribution in [-0.4, -0.2) is 73.0 Å². The molecule has 0 bridgehead atoms. The molecule has 0 spiro atoms. The highest BCUT2D eigenvalue weighted by Gasteiger charge is 2.35. The Morgan fingerprint density at radius 3 is 2.68 bits per heavy atom. The van der Waals surface area contributed by atoms with Crippen molar-refractivity contribution in [1.29, 1.82) is 0 Å². The summed E-state index contributed by atoms with van der Waals surface area (Å²) < 4.78 is 11.0. The number of hydrogen-bond acceptors (Lipinski definition) is 6. The van der Waals surface area contributed by atoms with Crippen LogP contribution in [0.2, 0.25) is 5.02 Å². The van der Waals surface area contributed by atoms with Crippen molar-refractivity contribution in [2.24, 2.45) is 5.10 Å². The molecule has 3 aliphatic rings. The Morgan fingerprint density at radius 1 is 1.10 bits per heavy atom. The molecule has 0 saturated carbocycles. The van der Waals surface area contributed by atoms with Gasteiger partial charge in [0.05, 0.1) is 18.3 Å². The third-order valence-electron chi connectivity index (χ3n) is 6.09. The van der Waals surface area contributed by atoms with Crippen molar-refractivity contribution in [1.82, 2.24) is 14.8 Å². The zero-order chi connectivity index (χ0) is 21.4. The van der Waals surface area contributed by atoms with Gasteiger partial charge in [0.1, 0.15) is 0 Å². The molecule has 1 atom stereocenters. The number of likely N-dealkylation sites (N-methyl/N-ethyl adjacent to an activating group) is 1. The summed E-state index contributed by atoms with van der Waals surface area (Å²) in [5.74, 6) is 1.42. The molecule has 2 aromatic carbocycles. The van der Waals surface area contributed by atoms with E-state index in [1.807, 2.05) is 42.5 Å². The van der Waals surface area contributed by atoms with E-state index in [1.165, 1.54) is 0 Å². The third kappa shape index (κ3) is 4.13. The summed E-state index contributed by atoms with van der Waals surface area (Å²) >= 11 is 6.44. The number of rotatable bonds is 4. The monoisotopic (exact) mass is 440 g/mol. The molecular weight excluding hydrogens is 416 g/mol. The van der Waals surface area contributed by atoms with Crippen molar-refractivity contribution in [2.45, 2.75) is 12.5 Å². The Balaban J connectivity index is 1.43. The number of amides is 1. The number of hydrazone groups is 1. The van der Waals surface area contributed by atoms with Gasteiger partial charge in [-0.1, -0.05) is 35.9 Å². The molecular formula is C23H25ClN4O3. The summed E-state index contributed by atoms with van der Waals surface area (Å²) in [6.45, 7) is 4.27. The molecule has 3 aliphatic heterocycles. The van der Waals surface area contributed by atoms with Crippen molar-refractivity contribution >= 4 is 23.2 Å². The molecule has 3 heterocycles. The molecule has 1 amide bonds. The van der Waals surface area contributed by atoms with Crippen molar-refractivity contribution in [2.75, 3.05) is 46.6 Å². The van der Waals surface area contributed by atoms with Crippen LogP contribution >= 0.6 is 11.6 Å². The first-order valence-electron chi connectivity index (χ1n) is 10.5. The van der Waals surface area contributed by atoms with E-state index in [-0.39, 0.29) is 18.7 Å². The second kappa shape index (κ2) is 8.49. The van der Waals surface area contributed by atoms with Gasteiger partial charge in [-0.25, -0.2) is 5.01 Å². The SMILES string of the molecule is CN1CCN(CC(=O)N2N=C(c3ccccc3Cl)C[C@H]2c2ccc3c(c2)OCO3)CC1. The number of ether oxygens (including phenoxy) is 2. The minimum Gasteiger partial charge on any atom is -0.454 e. The minimum atomic E-state index is -0.208. The third-order valence-corrected chi connectivity index (χ3v) is 6.42. The second-order valence-electron chi connectivity index (χ2n) is 8.18. The number of piperazine rings is 1. The average Bonchev–Trinajstić information content (AvgIpc) is 3.42. The number of carbonyl (C=O) groups is 1. The first-order chi connectivity index (χ1) is 15.1. The predicted molar refractivity (Wildman–Crippen MR) is 119 cm³/mol. The molecule has 7 nitrogen and oxygen atoms in total. The standard InChI is InChI=1S/C23H25ClN4O3/c1-26-8-10-27(11-9-26)14-23(29)28-20(16-6-7-21-22(12-16)31-15-30-21)13-19(25-28)17-4-2-3-5-18(17)24/h2-7,12,20H,8-11,13-15H2,1H3/t20-/m0/s1. The summed E-state index contributed by atoms with van der Waals surface area (Å²) in [5.41, 5.74) is 2.66. The van der Waals surface area contributed by atoms with E-state index >= 15 is 0 Å². The van der Waals surface area contributed by atoms with Crippen LogP contribution in [0.1, 0.15) is 23.6 Å². The van der Waals surface area contributed by atoms with Crippen LogP contribution in [0.3, 0.4) is 0 Å². The summed E-state index contributed by atoms with van der Waals surface area (Å²) in [4.78, 5) is 17.8. The maximum atomic E-state index is 13.3. The maximum Gasteiger partial charge on any atom is 0.257 e. The fourth-order valence-corrected chi connectivity index (χ4v) is 4.49. The van der Waals surface area contributed by atoms with E-state index < -0.39 is 0 Å². The molecule has 1 saturated heterocycles. The molecule has 0 radical (unpaired) electrons. The summed E-state index contributed by atoms with van der Waals surface area (Å²) in [7, 11) is 2.11. The molecule has 0 aromatic heterocycles. The lowest BCUT2D eigenvalue weighted by Crippen LogP contribution is -2.48. The zero-order valence-electron chi connectivity index (χ0n) is 17.5. The summed E-state index contributed by atoms with van der Waals surface area (Å²) in [6.07, 6.45) is 0.595. The summed E-state index contributed by atoms with van der Waals surface area (Å²) in [5, 5.41) is 7.03. The Hall–Kier alpha value is -2.61. The van der Waals surface area contributed by atoms with Gasteiger partial charge in [0, 0.05) is 43.2 Å². The smallest absolute Gasteiger partial charge is 0.257 e. The molecule has 0 N–H and O–H groups in total. The highest BCUT2D eigenvalue weighted by molar-refractivity contribution is 6.34. The number of nitrogens with zero attached hydrogens (tertiary/aromatic N) is 4. The van der Waals surface area contributed by atoms with E-state index in [0.29, 0.717) is 23.7 Å². The van der Waals surface area contributed by atoms with Crippen molar-refractivity contribution in [3.63, 3.8) is 0 Å². The van der Waals surface area contributed by atoms with Crippen LogP contribution in [0.5, 0.6) is 11.5 Å².